The molecule has 12 heteroatoms. The minimum Gasteiger partial charge on any atom is -0.463 e. The standard InChI is InChI=1S/C27H31NO11/c1-13(29)28-23-25(36-16(4)32)24(35-15(3)31)22(12-34-14(2)30)39-27(23)37-17-9-10-19-18-7-5-6-8-20(18)26(33)38-21(19)11-17/h9-11,22-25,27H,5-8,12H2,1-4H3,(H,28,29)/t22-,23-,24-,25-,27-/m1/s1. The van der Waals surface area contributed by atoms with Crippen LogP contribution in [0.3, 0.4) is 0 Å². The minimum atomic E-state index is -1.28. The Hall–Kier alpha value is -3.93. The predicted molar refractivity (Wildman–Crippen MR) is 134 cm³/mol. The van der Waals surface area contributed by atoms with Gasteiger partial charge in [-0.05, 0) is 43.4 Å². The van der Waals surface area contributed by atoms with Gasteiger partial charge in [0.25, 0.3) is 0 Å². The van der Waals surface area contributed by atoms with Gasteiger partial charge >= 0.3 is 23.5 Å². The number of amides is 1. The smallest absolute Gasteiger partial charge is 0.339 e. The summed E-state index contributed by atoms with van der Waals surface area (Å²) in [5.41, 5.74) is 1.60. The SMILES string of the molecule is CC(=O)N[C@H]1[C@H](Oc2ccc3c4c(c(=O)oc3c2)CCCC4)O[C@H](COC(C)=O)[C@@H](OC(C)=O)[C@@H]1OC(C)=O. The van der Waals surface area contributed by atoms with Crippen molar-refractivity contribution in [3.8, 4) is 5.75 Å². The maximum absolute atomic E-state index is 12.6. The van der Waals surface area contributed by atoms with E-state index in [0.29, 0.717) is 17.6 Å². The summed E-state index contributed by atoms with van der Waals surface area (Å²) in [6.07, 6.45) is -1.53. The molecule has 1 aromatic heterocycles. The highest BCUT2D eigenvalue weighted by Crippen LogP contribution is 2.32. The third-order valence-electron chi connectivity index (χ3n) is 6.52. The molecule has 0 radical (unpaired) electrons. The molecule has 1 aromatic carbocycles. The van der Waals surface area contributed by atoms with Crippen LogP contribution >= 0.6 is 0 Å². The summed E-state index contributed by atoms with van der Waals surface area (Å²) in [4.78, 5) is 60.1. The van der Waals surface area contributed by atoms with Gasteiger partial charge in [0, 0.05) is 44.7 Å². The van der Waals surface area contributed by atoms with Gasteiger partial charge in [0.15, 0.2) is 12.2 Å². The van der Waals surface area contributed by atoms with Crippen molar-refractivity contribution in [2.45, 2.75) is 84.0 Å². The molecule has 0 spiro atoms. The third kappa shape index (κ3) is 6.56. The first-order valence-electron chi connectivity index (χ1n) is 12.7. The molecule has 4 rings (SSSR count). The molecule has 0 bridgehead atoms. The number of ether oxygens (including phenoxy) is 5. The Balaban J connectivity index is 1.71. The van der Waals surface area contributed by atoms with Crippen LogP contribution in [-0.4, -0.2) is 61.1 Å². The number of nitrogens with one attached hydrogen (secondary N) is 1. The molecule has 2 aliphatic rings. The number of hydrogen-bond donors (Lipinski definition) is 1. The van der Waals surface area contributed by atoms with Gasteiger partial charge in [0.05, 0.1) is 0 Å². The summed E-state index contributed by atoms with van der Waals surface area (Å²) in [6.45, 7) is 4.42. The van der Waals surface area contributed by atoms with Gasteiger partial charge in [0.1, 0.15) is 30.1 Å². The molecule has 210 valence electrons. The minimum absolute atomic E-state index is 0.237. The van der Waals surface area contributed by atoms with Gasteiger partial charge in [0.2, 0.25) is 12.2 Å². The summed E-state index contributed by atoms with van der Waals surface area (Å²) in [5, 5.41) is 3.45. The van der Waals surface area contributed by atoms with E-state index in [0.717, 1.165) is 44.1 Å². The van der Waals surface area contributed by atoms with E-state index in [1.54, 1.807) is 18.2 Å². The summed E-state index contributed by atoms with van der Waals surface area (Å²) in [6, 6.07) is 3.87. The van der Waals surface area contributed by atoms with Crippen LogP contribution in [0.4, 0.5) is 0 Å². The molecule has 0 unspecified atom stereocenters. The van der Waals surface area contributed by atoms with Crippen molar-refractivity contribution in [1.29, 1.82) is 0 Å². The maximum Gasteiger partial charge on any atom is 0.339 e. The highest BCUT2D eigenvalue weighted by molar-refractivity contribution is 5.83. The van der Waals surface area contributed by atoms with Gasteiger partial charge in [-0.15, -0.1) is 0 Å². The zero-order valence-corrected chi connectivity index (χ0v) is 22.1. The number of aryl methyl sites for hydroxylation is 1. The monoisotopic (exact) mass is 545 g/mol. The van der Waals surface area contributed by atoms with Crippen LogP contribution in [-0.2, 0) is 51.0 Å². The number of carbonyl (C=O) groups is 4. The molecule has 2 heterocycles. The number of esters is 3. The maximum atomic E-state index is 12.6. The first-order chi connectivity index (χ1) is 18.5. The highest BCUT2D eigenvalue weighted by atomic mass is 16.7. The molecule has 1 aliphatic carbocycles. The van der Waals surface area contributed by atoms with E-state index in [2.05, 4.69) is 5.32 Å². The second-order valence-corrected chi connectivity index (χ2v) is 9.55. The first kappa shape index (κ1) is 28.1. The van der Waals surface area contributed by atoms with Crippen LogP contribution in [0.15, 0.2) is 27.4 Å². The molecule has 2 aromatic rings. The largest absolute Gasteiger partial charge is 0.463 e. The van der Waals surface area contributed by atoms with Crippen LogP contribution in [0.5, 0.6) is 5.75 Å². The van der Waals surface area contributed by atoms with Crippen molar-refractivity contribution in [3.05, 3.63) is 39.7 Å². The predicted octanol–water partition coefficient (Wildman–Crippen LogP) is 1.71. The number of fused-ring (bicyclic) bond motifs is 3. The third-order valence-corrected chi connectivity index (χ3v) is 6.52. The average Bonchev–Trinajstić information content (AvgIpc) is 2.85. The molecule has 1 aliphatic heterocycles. The van der Waals surface area contributed by atoms with Crippen molar-refractivity contribution >= 4 is 34.8 Å². The van der Waals surface area contributed by atoms with Crippen molar-refractivity contribution in [2.24, 2.45) is 0 Å². The Labute approximate surface area is 223 Å². The van der Waals surface area contributed by atoms with Crippen LogP contribution < -0.4 is 15.7 Å². The van der Waals surface area contributed by atoms with E-state index < -0.39 is 54.5 Å². The van der Waals surface area contributed by atoms with Crippen molar-refractivity contribution in [1.82, 2.24) is 5.32 Å². The topological polar surface area (TPSA) is 157 Å². The summed E-state index contributed by atoms with van der Waals surface area (Å²) < 4.78 is 33.7. The van der Waals surface area contributed by atoms with Gasteiger partial charge in [-0.1, -0.05) is 0 Å². The Bertz CT molecular complexity index is 1330. The normalized spacial score (nSPS) is 24.3. The van der Waals surface area contributed by atoms with Crippen LogP contribution in [0.1, 0.15) is 51.7 Å². The number of rotatable bonds is 7. The molecule has 39 heavy (non-hydrogen) atoms. The molecule has 12 nitrogen and oxygen atoms in total. The van der Waals surface area contributed by atoms with Gasteiger partial charge in [-0.3, -0.25) is 19.2 Å². The quantitative estimate of drug-likeness (QED) is 0.307. The van der Waals surface area contributed by atoms with Gasteiger partial charge in [-0.25, -0.2) is 4.79 Å². The molecule has 0 saturated carbocycles. The van der Waals surface area contributed by atoms with Crippen molar-refractivity contribution in [2.75, 3.05) is 6.61 Å². The van der Waals surface area contributed by atoms with E-state index >= 15 is 0 Å². The average molecular weight is 546 g/mol. The van der Waals surface area contributed by atoms with Crippen molar-refractivity contribution < 1.29 is 47.3 Å². The highest BCUT2D eigenvalue weighted by Gasteiger charge is 2.52. The molecule has 1 saturated heterocycles. The summed E-state index contributed by atoms with van der Waals surface area (Å²) in [5.74, 6) is -2.29. The second-order valence-electron chi connectivity index (χ2n) is 9.55. The Morgan fingerprint density at radius 1 is 0.923 bits per heavy atom. The fraction of sp³-hybridized carbons (Fsp3) is 0.519. The summed E-state index contributed by atoms with van der Waals surface area (Å²) in [7, 11) is 0. The zero-order valence-electron chi connectivity index (χ0n) is 22.1. The number of hydrogen-bond acceptors (Lipinski definition) is 11. The lowest BCUT2D eigenvalue weighted by Crippen LogP contribution is -2.67. The lowest BCUT2D eigenvalue weighted by Gasteiger charge is -2.44. The fourth-order valence-corrected chi connectivity index (χ4v) is 5.02. The van der Waals surface area contributed by atoms with Crippen LogP contribution in [0.2, 0.25) is 0 Å². The Kier molecular flexibility index (Phi) is 8.54. The van der Waals surface area contributed by atoms with Crippen LogP contribution in [0.25, 0.3) is 11.0 Å². The molecule has 1 fully saturated rings. The first-order valence-corrected chi connectivity index (χ1v) is 12.7. The fourth-order valence-electron chi connectivity index (χ4n) is 5.02. The second kappa shape index (κ2) is 11.9. The Morgan fingerprint density at radius 3 is 2.23 bits per heavy atom. The molecular weight excluding hydrogens is 514 g/mol. The molecule has 1 amide bonds. The number of carbonyl (C=O) groups excluding carboxylic acids is 4. The molecular formula is C27H31NO11. The van der Waals surface area contributed by atoms with Crippen LogP contribution in [0, 0.1) is 0 Å². The van der Waals surface area contributed by atoms with E-state index in [1.807, 2.05) is 0 Å². The molecule has 1 N–H and O–H groups in total. The lowest BCUT2D eigenvalue weighted by molar-refractivity contribution is -0.257. The van der Waals surface area contributed by atoms with Gasteiger partial charge in [-0.2, -0.15) is 0 Å². The number of benzene rings is 1. The summed E-state index contributed by atoms with van der Waals surface area (Å²) >= 11 is 0. The Morgan fingerprint density at radius 2 is 1.59 bits per heavy atom. The van der Waals surface area contributed by atoms with E-state index in [4.69, 9.17) is 28.1 Å². The van der Waals surface area contributed by atoms with Gasteiger partial charge < -0.3 is 33.4 Å². The van der Waals surface area contributed by atoms with E-state index in [9.17, 15) is 24.0 Å². The van der Waals surface area contributed by atoms with E-state index in [1.165, 1.54) is 13.8 Å². The lowest BCUT2D eigenvalue weighted by atomic mass is 9.91. The van der Waals surface area contributed by atoms with Crippen molar-refractivity contribution in [3.63, 3.8) is 0 Å². The zero-order chi connectivity index (χ0) is 28.3. The molecule has 5 atom stereocenters. The van der Waals surface area contributed by atoms with E-state index in [-0.39, 0.29) is 18.0 Å².